The lowest BCUT2D eigenvalue weighted by atomic mass is 9.97. The van der Waals surface area contributed by atoms with E-state index in [1.807, 2.05) is 49.4 Å². The van der Waals surface area contributed by atoms with Gasteiger partial charge in [-0.3, -0.25) is 4.79 Å². The number of hydrazine groups is 1. The van der Waals surface area contributed by atoms with Crippen LogP contribution in [0.1, 0.15) is 30.9 Å². The van der Waals surface area contributed by atoms with Crippen LogP contribution in [-0.4, -0.2) is 41.7 Å². The minimum Gasteiger partial charge on any atom is -0.448 e. The number of carbonyl (C=O) groups is 2. The van der Waals surface area contributed by atoms with Crippen molar-refractivity contribution in [1.82, 2.24) is 10.0 Å². The Hall–Kier alpha value is -2.53. The molecule has 0 radical (unpaired) electrons. The number of amides is 2. The van der Waals surface area contributed by atoms with E-state index in [0.717, 1.165) is 35.1 Å². The molecule has 2 aromatic rings. The van der Waals surface area contributed by atoms with E-state index in [0.29, 0.717) is 24.7 Å². The first-order valence-corrected chi connectivity index (χ1v) is 9.97. The molecule has 2 aromatic carbocycles. The van der Waals surface area contributed by atoms with E-state index in [1.54, 1.807) is 6.92 Å². The summed E-state index contributed by atoms with van der Waals surface area (Å²) in [6, 6.07) is 13.7. The summed E-state index contributed by atoms with van der Waals surface area (Å²) < 4.78 is 5.10. The third-order valence-corrected chi connectivity index (χ3v) is 5.17. The number of nitrogens with zero attached hydrogens (tertiary/aromatic N) is 2. The van der Waals surface area contributed by atoms with Crippen LogP contribution in [0.25, 0.3) is 11.1 Å². The molecule has 1 aliphatic rings. The van der Waals surface area contributed by atoms with E-state index < -0.39 is 6.09 Å². The molecule has 0 saturated carbocycles. The zero-order valence-corrected chi connectivity index (χ0v) is 17.0. The van der Waals surface area contributed by atoms with E-state index in [1.165, 1.54) is 10.0 Å². The Morgan fingerprint density at radius 2 is 1.64 bits per heavy atom. The third-order valence-electron chi connectivity index (χ3n) is 4.92. The minimum absolute atomic E-state index is 0.0934. The highest BCUT2D eigenvalue weighted by Gasteiger charge is 2.29. The zero-order valence-electron chi connectivity index (χ0n) is 16.3. The molecule has 0 unspecified atom stereocenters. The maximum absolute atomic E-state index is 13.0. The number of carbonyl (C=O) groups excluding carboxylic acids is 2. The maximum atomic E-state index is 13.0. The van der Waals surface area contributed by atoms with Gasteiger partial charge in [0.05, 0.1) is 13.0 Å². The Labute approximate surface area is 170 Å². The van der Waals surface area contributed by atoms with Crippen molar-refractivity contribution in [2.24, 2.45) is 0 Å². The van der Waals surface area contributed by atoms with Gasteiger partial charge in [-0.25, -0.2) is 14.8 Å². The van der Waals surface area contributed by atoms with Gasteiger partial charge in [-0.15, -0.1) is 0 Å². The van der Waals surface area contributed by atoms with Crippen LogP contribution in [0.5, 0.6) is 0 Å². The van der Waals surface area contributed by atoms with Crippen LogP contribution < -0.4 is 0 Å². The second-order valence-electron chi connectivity index (χ2n) is 6.87. The van der Waals surface area contributed by atoms with Crippen LogP contribution in [0.3, 0.4) is 0 Å². The standard InChI is InChI=1S/C22H25ClN2O3/c1-3-28-22(27)25-13-5-4-12-24(25)21(26)15-19-14-18(7-6-16(19)2)17-8-10-20(23)11-9-17/h6-11,14H,3-5,12-13,15H2,1-2H3. The molecular weight excluding hydrogens is 376 g/mol. The average Bonchev–Trinajstić information content (AvgIpc) is 2.70. The van der Waals surface area contributed by atoms with Gasteiger partial charge in [-0.1, -0.05) is 41.9 Å². The van der Waals surface area contributed by atoms with Crippen molar-refractivity contribution < 1.29 is 14.3 Å². The van der Waals surface area contributed by atoms with Crippen LogP contribution in [0.2, 0.25) is 5.02 Å². The Morgan fingerprint density at radius 1 is 1.00 bits per heavy atom. The van der Waals surface area contributed by atoms with Gasteiger partial charge in [0.2, 0.25) is 5.91 Å². The topological polar surface area (TPSA) is 49.9 Å². The zero-order chi connectivity index (χ0) is 20.1. The van der Waals surface area contributed by atoms with E-state index in [2.05, 4.69) is 0 Å². The predicted octanol–water partition coefficient (Wildman–Crippen LogP) is 4.85. The summed E-state index contributed by atoms with van der Waals surface area (Å²) in [5.41, 5.74) is 4.08. The molecule has 0 bridgehead atoms. The fraction of sp³-hybridized carbons (Fsp3) is 0.364. The Morgan fingerprint density at radius 3 is 2.32 bits per heavy atom. The molecule has 3 rings (SSSR count). The normalized spacial score (nSPS) is 14.1. The highest BCUT2D eigenvalue weighted by molar-refractivity contribution is 6.30. The van der Waals surface area contributed by atoms with Gasteiger partial charge in [-0.2, -0.15) is 0 Å². The fourth-order valence-electron chi connectivity index (χ4n) is 3.35. The van der Waals surface area contributed by atoms with Crippen molar-refractivity contribution in [2.75, 3.05) is 19.7 Å². The first kappa shape index (κ1) is 20.2. The Balaban J connectivity index is 1.80. The minimum atomic E-state index is -0.456. The van der Waals surface area contributed by atoms with Crippen molar-refractivity contribution in [2.45, 2.75) is 33.1 Å². The van der Waals surface area contributed by atoms with Gasteiger partial charge in [-0.05, 0) is 61.1 Å². The lowest BCUT2D eigenvalue weighted by molar-refractivity contribution is -0.148. The monoisotopic (exact) mass is 400 g/mol. The molecule has 1 saturated heterocycles. The predicted molar refractivity (Wildman–Crippen MR) is 110 cm³/mol. The number of halogens is 1. The molecule has 1 aliphatic heterocycles. The van der Waals surface area contributed by atoms with Gasteiger partial charge in [0.15, 0.2) is 0 Å². The van der Waals surface area contributed by atoms with Crippen molar-refractivity contribution in [3.8, 4) is 11.1 Å². The number of hydrogen-bond acceptors (Lipinski definition) is 3. The molecule has 148 valence electrons. The van der Waals surface area contributed by atoms with E-state index in [-0.39, 0.29) is 12.3 Å². The molecule has 1 fully saturated rings. The second kappa shape index (κ2) is 9.11. The maximum Gasteiger partial charge on any atom is 0.428 e. The first-order valence-electron chi connectivity index (χ1n) is 9.59. The summed E-state index contributed by atoms with van der Waals surface area (Å²) in [7, 11) is 0. The lowest BCUT2D eigenvalue weighted by Gasteiger charge is -2.37. The molecule has 0 atom stereocenters. The number of hydrogen-bond donors (Lipinski definition) is 0. The molecule has 5 nitrogen and oxygen atoms in total. The molecule has 2 amide bonds. The van der Waals surface area contributed by atoms with Crippen molar-refractivity contribution in [1.29, 1.82) is 0 Å². The summed E-state index contributed by atoms with van der Waals surface area (Å²) in [5.74, 6) is -0.0934. The molecule has 0 N–H and O–H groups in total. The summed E-state index contributed by atoms with van der Waals surface area (Å²) in [4.78, 5) is 25.2. The van der Waals surface area contributed by atoms with Crippen LogP contribution >= 0.6 is 11.6 Å². The number of rotatable bonds is 4. The smallest absolute Gasteiger partial charge is 0.428 e. The summed E-state index contributed by atoms with van der Waals surface area (Å²) in [6.07, 6.45) is 1.53. The Bertz CT molecular complexity index is 851. The summed E-state index contributed by atoms with van der Waals surface area (Å²) in [6.45, 7) is 5.09. The van der Waals surface area contributed by atoms with Gasteiger partial charge >= 0.3 is 6.09 Å². The molecule has 1 heterocycles. The second-order valence-corrected chi connectivity index (χ2v) is 7.31. The summed E-state index contributed by atoms with van der Waals surface area (Å²) in [5, 5.41) is 3.67. The third kappa shape index (κ3) is 4.65. The first-order chi connectivity index (χ1) is 13.5. The Kier molecular flexibility index (Phi) is 6.57. The van der Waals surface area contributed by atoms with Crippen molar-refractivity contribution in [3.05, 3.63) is 58.6 Å². The number of aryl methyl sites for hydroxylation is 1. The quantitative estimate of drug-likeness (QED) is 0.736. The van der Waals surface area contributed by atoms with Crippen molar-refractivity contribution in [3.63, 3.8) is 0 Å². The molecule has 0 aromatic heterocycles. The van der Waals surface area contributed by atoms with Gasteiger partial charge in [0.1, 0.15) is 0 Å². The fourth-order valence-corrected chi connectivity index (χ4v) is 3.48. The molecule has 28 heavy (non-hydrogen) atoms. The van der Waals surface area contributed by atoms with Crippen LogP contribution in [0.4, 0.5) is 4.79 Å². The van der Waals surface area contributed by atoms with Crippen molar-refractivity contribution >= 4 is 23.6 Å². The van der Waals surface area contributed by atoms with Crippen LogP contribution in [0, 0.1) is 6.92 Å². The highest BCUT2D eigenvalue weighted by atomic mass is 35.5. The molecule has 0 aliphatic carbocycles. The van der Waals surface area contributed by atoms with E-state index in [9.17, 15) is 9.59 Å². The van der Waals surface area contributed by atoms with Crippen LogP contribution in [0.15, 0.2) is 42.5 Å². The highest BCUT2D eigenvalue weighted by Crippen LogP contribution is 2.25. The van der Waals surface area contributed by atoms with Gasteiger partial charge < -0.3 is 4.74 Å². The number of benzene rings is 2. The van der Waals surface area contributed by atoms with E-state index in [4.69, 9.17) is 16.3 Å². The lowest BCUT2D eigenvalue weighted by Crippen LogP contribution is -2.53. The molecule has 6 heteroatoms. The number of ether oxygens (including phenoxy) is 1. The largest absolute Gasteiger partial charge is 0.448 e. The summed E-state index contributed by atoms with van der Waals surface area (Å²) >= 11 is 5.98. The molecular formula is C22H25ClN2O3. The SMILES string of the molecule is CCOC(=O)N1CCCCN1C(=O)Cc1cc(-c2ccc(Cl)cc2)ccc1C. The average molecular weight is 401 g/mol. The van der Waals surface area contributed by atoms with Gasteiger partial charge in [0.25, 0.3) is 0 Å². The molecule has 0 spiro atoms. The van der Waals surface area contributed by atoms with E-state index >= 15 is 0 Å². The van der Waals surface area contributed by atoms with Gasteiger partial charge in [0, 0.05) is 18.1 Å². The van der Waals surface area contributed by atoms with Crippen LogP contribution in [-0.2, 0) is 16.0 Å².